The fourth-order valence-corrected chi connectivity index (χ4v) is 4.04. The van der Waals surface area contributed by atoms with Crippen molar-refractivity contribution in [1.82, 2.24) is 20.4 Å². The van der Waals surface area contributed by atoms with E-state index in [-0.39, 0.29) is 23.4 Å². The minimum absolute atomic E-state index is 0.120. The van der Waals surface area contributed by atoms with E-state index < -0.39 is 6.04 Å². The molecule has 134 valence electrons. The number of hydrogen-bond donors (Lipinski definition) is 2. The molecule has 0 bridgehead atoms. The molecule has 0 unspecified atom stereocenters. The highest BCUT2D eigenvalue weighted by atomic mass is 32.2. The van der Waals surface area contributed by atoms with Gasteiger partial charge in [0.1, 0.15) is 11.9 Å². The largest absolute Gasteiger partial charge is 0.355 e. The number of aromatic nitrogens is 2. The van der Waals surface area contributed by atoms with Gasteiger partial charge in [-0.3, -0.25) is 9.59 Å². The van der Waals surface area contributed by atoms with Gasteiger partial charge in [0.15, 0.2) is 8.29 Å². The number of carbonyl (C=O) groups excluding carboxylic acids is 2. The second-order valence-corrected chi connectivity index (χ2v) is 7.84. The summed E-state index contributed by atoms with van der Waals surface area (Å²) < 4.78 is 15.6. The standard InChI is InChI=1S/C15H17FN4O2S3/c1-3-17-13(22)9(2)18-12(21)8-24-14-19-20(15(23)25-14)11-6-4-10(16)5-7-11/h4-7,9H,3,8H2,1-2H3,(H,17,22)(H,18,21)/t9-/m1/s1. The van der Waals surface area contributed by atoms with E-state index in [0.717, 1.165) is 0 Å². The topological polar surface area (TPSA) is 76.0 Å². The second-order valence-electron chi connectivity index (χ2n) is 4.99. The molecule has 2 amide bonds. The Labute approximate surface area is 157 Å². The van der Waals surface area contributed by atoms with Crippen molar-refractivity contribution >= 4 is 47.1 Å². The summed E-state index contributed by atoms with van der Waals surface area (Å²) in [6.45, 7) is 3.95. The third kappa shape index (κ3) is 5.62. The molecular weight excluding hydrogens is 383 g/mol. The molecule has 2 rings (SSSR count). The van der Waals surface area contributed by atoms with Crippen LogP contribution in [0.15, 0.2) is 28.6 Å². The molecule has 2 N–H and O–H groups in total. The molecule has 0 saturated heterocycles. The summed E-state index contributed by atoms with van der Waals surface area (Å²) in [5.74, 6) is -0.705. The lowest BCUT2D eigenvalue weighted by Crippen LogP contribution is -2.45. The van der Waals surface area contributed by atoms with E-state index in [1.165, 1.54) is 39.9 Å². The molecule has 25 heavy (non-hydrogen) atoms. The maximum atomic E-state index is 13.0. The van der Waals surface area contributed by atoms with Gasteiger partial charge < -0.3 is 10.6 Å². The molecule has 0 fully saturated rings. The van der Waals surface area contributed by atoms with Gasteiger partial charge in [-0.25, -0.2) is 9.07 Å². The van der Waals surface area contributed by atoms with E-state index in [9.17, 15) is 14.0 Å². The smallest absolute Gasteiger partial charge is 0.242 e. The summed E-state index contributed by atoms with van der Waals surface area (Å²) in [5, 5.41) is 9.60. The van der Waals surface area contributed by atoms with Crippen molar-refractivity contribution in [3.05, 3.63) is 34.0 Å². The van der Waals surface area contributed by atoms with E-state index in [1.807, 2.05) is 6.92 Å². The molecule has 2 aromatic rings. The molecule has 1 aromatic carbocycles. The number of rotatable bonds is 7. The monoisotopic (exact) mass is 400 g/mol. The Hall–Kier alpha value is -1.78. The average Bonchev–Trinajstić information content (AvgIpc) is 2.95. The zero-order valence-corrected chi connectivity index (χ0v) is 16.1. The van der Waals surface area contributed by atoms with E-state index >= 15 is 0 Å². The second kappa shape index (κ2) is 9.07. The average molecular weight is 401 g/mol. The van der Waals surface area contributed by atoms with Crippen molar-refractivity contribution in [3.8, 4) is 5.69 Å². The Bertz CT molecular complexity index is 804. The van der Waals surface area contributed by atoms with Crippen molar-refractivity contribution < 1.29 is 14.0 Å². The fraction of sp³-hybridized carbons (Fsp3) is 0.333. The molecule has 1 heterocycles. The zero-order valence-electron chi connectivity index (χ0n) is 13.6. The van der Waals surface area contributed by atoms with Gasteiger partial charge in [-0.2, -0.15) is 0 Å². The number of halogens is 1. The number of nitrogens with one attached hydrogen (secondary N) is 2. The van der Waals surface area contributed by atoms with Crippen molar-refractivity contribution in [2.24, 2.45) is 0 Å². The summed E-state index contributed by atoms with van der Waals surface area (Å²) >= 11 is 7.75. The van der Waals surface area contributed by atoms with Gasteiger partial charge in [0.05, 0.1) is 11.4 Å². The van der Waals surface area contributed by atoms with Gasteiger partial charge in [-0.15, -0.1) is 5.10 Å². The van der Waals surface area contributed by atoms with Crippen molar-refractivity contribution in [1.29, 1.82) is 0 Å². The van der Waals surface area contributed by atoms with E-state index in [4.69, 9.17) is 12.2 Å². The summed E-state index contributed by atoms with van der Waals surface area (Å²) in [6.07, 6.45) is 0. The molecular formula is C15H17FN4O2S3. The molecule has 0 saturated carbocycles. The lowest BCUT2D eigenvalue weighted by Gasteiger charge is -2.12. The number of nitrogens with zero attached hydrogens (tertiary/aromatic N) is 2. The third-order valence-corrected chi connectivity index (χ3v) is 5.41. The van der Waals surface area contributed by atoms with Gasteiger partial charge in [0.25, 0.3) is 0 Å². The number of amides is 2. The highest BCUT2D eigenvalue weighted by Crippen LogP contribution is 2.24. The van der Waals surface area contributed by atoms with Crippen LogP contribution in [-0.2, 0) is 9.59 Å². The van der Waals surface area contributed by atoms with Gasteiger partial charge >= 0.3 is 0 Å². The van der Waals surface area contributed by atoms with Crippen LogP contribution < -0.4 is 10.6 Å². The number of benzene rings is 1. The molecule has 0 aliphatic rings. The van der Waals surface area contributed by atoms with Crippen LogP contribution in [0.3, 0.4) is 0 Å². The fourth-order valence-electron chi connectivity index (χ4n) is 1.87. The Kier molecular flexibility index (Phi) is 7.09. The first-order chi connectivity index (χ1) is 11.9. The first-order valence-corrected chi connectivity index (χ1v) is 9.67. The summed E-state index contributed by atoms with van der Waals surface area (Å²) in [7, 11) is 0. The first kappa shape index (κ1) is 19.5. The summed E-state index contributed by atoms with van der Waals surface area (Å²) in [5.41, 5.74) is 0.656. The van der Waals surface area contributed by atoms with Crippen molar-refractivity contribution in [2.75, 3.05) is 12.3 Å². The van der Waals surface area contributed by atoms with Crippen LogP contribution in [0.25, 0.3) is 5.69 Å². The number of carbonyl (C=O) groups is 2. The van der Waals surface area contributed by atoms with Gasteiger partial charge in [-0.05, 0) is 50.3 Å². The third-order valence-electron chi connectivity index (χ3n) is 3.05. The molecule has 0 radical (unpaired) electrons. The summed E-state index contributed by atoms with van der Waals surface area (Å²) in [4.78, 5) is 23.5. The Morgan fingerprint density at radius 3 is 2.72 bits per heavy atom. The van der Waals surface area contributed by atoms with Crippen LogP contribution in [0.1, 0.15) is 13.8 Å². The molecule has 1 atom stereocenters. The van der Waals surface area contributed by atoms with Crippen LogP contribution in [0.4, 0.5) is 4.39 Å². The van der Waals surface area contributed by atoms with Crippen LogP contribution in [0, 0.1) is 9.77 Å². The SMILES string of the molecule is CCNC(=O)[C@@H](C)NC(=O)CSc1nn(-c2ccc(F)cc2)c(=S)s1. The van der Waals surface area contributed by atoms with Gasteiger partial charge in [-0.1, -0.05) is 23.1 Å². The Morgan fingerprint density at radius 2 is 2.08 bits per heavy atom. The van der Waals surface area contributed by atoms with Crippen molar-refractivity contribution in [3.63, 3.8) is 0 Å². The van der Waals surface area contributed by atoms with Crippen LogP contribution in [0.5, 0.6) is 0 Å². The van der Waals surface area contributed by atoms with Crippen LogP contribution in [0.2, 0.25) is 0 Å². The number of hydrogen-bond acceptors (Lipinski definition) is 6. The Balaban J connectivity index is 1.94. The molecule has 10 heteroatoms. The normalized spacial score (nSPS) is 11.8. The molecule has 0 aliphatic carbocycles. The van der Waals surface area contributed by atoms with Crippen LogP contribution in [-0.4, -0.2) is 39.9 Å². The van der Waals surface area contributed by atoms with E-state index in [1.54, 1.807) is 19.1 Å². The van der Waals surface area contributed by atoms with Gasteiger partial charge in [0.2, 0.25) is 11.8 Å². The Morgan fingerprint density at radius 1 is 1.40 bits per heavy atom. The minimum Gasteiger partial charge on any atom is -0.355 e. The number of thioether (sulfide) groups is 1. The van der Waals surface area contributed by atoms with Crippen LogP contribution >= 0.6 is 35.3 Å². The molecule has 1 aromatic heterocycles. The number of likely N-dealkylation sites (N-methyl/N-ethyl adjacent to an activating group) is 1. The lowest BCUT2D eigenvalue weighted by molar-refractivity contribution is -0.127. The quantitative estimate of drug-likeness (QED) is 0.552. The predicted molar refractivity (Wildman–Crippen MR) is 99.2 cm³/mol. The van der Waals surface area contributed by atoms with Crippen molar-refractivity contribution in [2.45, 2.75) is 24.2 Å². The summed E-state index contributed by atoms with van der Waals surface area (Å²) in [6, 6.07) is 5.24. The first-order valence-electron chi connectivity index (χ1n) is 7.46. The molecule has 6 nitrogen and oxygen atoms in total. The maximum absolute atomic E-state index is 13.0. The molecule has 0 aliphatic heterocycles. The highest BCUT2D eigenvalue weighted by Gasteiger charge is 2.15. The maximum Gasteiger partial charge on any atom is 0.242 e. The van der Waals surface area contributed by atoms with Gasteiger partial charge in [0, 0.05) is 6.54 Å². The van der Waals surface area contributed by atoms with E-state index in [2.05, 4.69) is 15.7 Å². The lowest BCUT2D eigenvalue weighted by atomic mass is 10.3. The minimum atomic E-state index is -0.594. The predicted octanol–water partition coefficient (Wildman–Crippen LogP) is 2.54. The zero-order chi connectivity index (χ0) is 18.4. The molecule has 0 spiro atoms. The van der Waals surface area contributed by atoms with E-state index in [0.29, 0.717) is 20.5 Å². The highest BCUT2D eigenvalue weighted by molar-refractivity contribution is 8.01.